The Morgan fingerprint density at radius 1 is 1.38 bits per heavy atom. The predicted molar refractivity (Wildman–Crippen MR) is 66.4 cm³/mol. The van der Waals surface area contributed by atoms with Crippen molar-refractivity contribution in [2.24, 2.45) is 11.7 Å². The highest BCUT2D eigenvalue weighted by molar-refractivity contribution is 4.85. The van der Waals surface area contributed by atoms with Crippen molar-refractivity contribution in [2.75, 3.05) is 26.2 Å². The minimum atomic E-state index is 0.451. The average Bonchev–Trinajstić information content (AvgIpc) is 3.11. The Kier molecular flexibility index (Phi) is 4.62. The molecule has 1 heterocycles. The molecule has 0 amide bonds. The molecule has 3 nitrogen and oxygen atoms in total. The first-order chi connectivity index (χ1) is 7.79. The van der Waals surface area contributed by atoms with Crippen LogP contribution in [0.1, 0.15) is 39.0 Å². The van der Waals surface area contributed by atoms with Crippen LogP contribution in [0.5, 0.6) is 0 Å². The van der Waals surface area contributed by atoms with Gasteiger partial charge in [-0.3, -0.25) is 0 Å². The van der Waals surface area contributed by atoms with Crippen molar-refractivity contribution in [1.29, 1.82) is 0 Å². The Labute approximate surface area is 99.3 Å². The smallest absolute Gasteiger partial charge is 0.0702 e. The lowest BCUT2D eigenvalue weighted by atomic mass is 10.1. The molecule has 2 N–H and O–H groups in total. The second-order valence-electron chi connectivity index (χ2n) is 5.31. The van der Waals surface area contributed by atoms with E-state index in [4.69, 9.17) is 10.5 Å². The minimum absolute atomic E-state index is 0.451. The van der Waals surface area contributed by atoms with Gasteiger partial charge in [-0.05, 0) is 58.0 Å². The molecule has 2 atom stereocenters. The van der Waals surface area contributed by atoms with Crippen LogP contribution in [0.25, 0.3) is 0 Å². The van der Waals surface area contributed by atoms with Gasteiger partial charge in [-0.15, -0.1) is 0 Å². The van der Waals surface area contributed by atoms with Crippen molar-refractivity contribution in [3.8, 4) is 0 Å². The van der Waals surface area contributed by atoms with Crippen molar-refractivity contribution in [1.82, 2.24) is 4.90 Å². The molecule has 1 aliphatic carbocycles. The van der Waals surface area contributed by atoms with Crippen molar-refractivity contribution < 1.29 is 4.74 Å². The highest BCUT2D eigenvalue weighted by Crippen LogP contribution is 2.32. The van der Waals surface area contributed by atoms with Crippen LogP contribution in [-0.4, -0.2) is 43.3 Å². The van der Waals surface area contributed by atoms with Gasteiger partial charge in [-0.25, -0.2) is 0 Å². The van der Waals surface area contributed by atoms with Gasteiger partial charge < -0.3 is 15.4 Å². The van der Waals surface area contributed by atoms with E-state index < -0.39 is 0 Å². The normalized spacial score (nSPS) is 29.2. The molecule has 1 saturated heterocycles. The molecule has 94 valence electrons. The zero-order chi connectivity index (χ0) is 11.4. The second-order valence-corrected chi connectivity index (χ2v) is 5.31. The molecule has 2 aliphatic rings. The first kappa shape index (κ1) is 12.3. The highest BCUT2D eigenvalue weighted by atomic mass is 16.5. The molecule has 1 saturated carbocycles. The summed E-state index contributed by atoms with van der Waals surface area (Å²) in [5, 5.41) is 0. The van der Waals surface area contributed by atoms with E-state index in [9.17, 15) is 0 Å². The first-order valence-electron chi connectivity index (χ1n) is 6.89. The summed E-state index contributed by atoms with van der Waals surface area (Å²) in [7, 11) is 0. The predicted octanol–water partition coefficient (Wildman–Crippen LogP) is 1.61. The molecule has 2 rings (SSSR count). The maximum absolute atomic E-state index is 6.13. The number of nitrogens with zero attached hydrogens (tertiary/aromatic N) is 1. The van der Waals surface area contributed by atoms with Gasteiger partial charge in [-0.2, -0.15) is 0 Å². The first-order valence-corrected chi connectivity index (χ1v) is 6.89. The number of ether oxygens (including phenoxy) is 1. The van der Waals surface area contributed by atoms with Gasteiger partial charge in [0, 0.05) is 19.2 Å². The van der Waals surface area contributed by atoms with E-state index in [1.165, 1.54) is 45.2 Å². The summed E-state index contributed by atoms with van der Waals surface area (Å²) in [4.78, 5) is 2.53. The molecule has 2 fully saturated rings. The Hall–Kier alpha value is -0.120. The Balaban J connectivity index is 1.64. The fraction of sp³-hybridized carbons (Fsp3) is 1.00. The quantitative estimate of drug-likeness (QED) is 0.748. The van der Waals surface area contributed by atoms with E-state index in [-0.39, 0.29) is 0 Å². The van der Waals surface area contributed by atoms with E-state index in [0.29, 0.717) is 12.1 Å². The van der Waals surface area contributed by atoms with Crippen molar-refractivity contribution in [3.05, 3.63) is 0 Å². The molecular weight excluding hydrogens is 200 g/mol. The van der Waals surface area contributed by atoms with E-state index >= 15 is 0 Å². The summed E-state index contributed by atoms with van der Waals surface area (Å²) in [6, 6.07) is 0.451. The van der Waals surface area contributed by atoms with E-state index in [1.54, 1.807) is 0 Å². The van der Waals surface area contributed by atoms with Crippen molar-refractivity contribution in [3.63, 3.8) is 0 Å². The van der Waals surface area contributed by atoms with Gasteiger partial charge in [0.15, 0.2) is 0 Å². The Bertz CT molecular complexity index is 204. The van der Waals surface area contributed by atoms with Gasteiger partial charge in [0.05, 0.1) is 6.10 Å². The molecule has 3 heteroatoms. The third-order valence-corrected chi connectivity index (χ3v) is 3.87. The van der Waals surface area contributed by atoms with Crippen LogP contribution < -0.4 is 5.73 Å². The summed E-state index contributed by atoms with van der Waals surface area (Å²) >= 11 is 0. The van der Waals surface area contributed by atoms with Crippen LogP contribution in [0, 0.1) is 5.92 Å². The molecule has 2 unspecified atom stereocenters. The van der Waals surface area contributed by atoms with E-state index in [1.807, 2.05) is 0 Å². The SMILES string of the molecule is CCOC1CCCN(CCC(N)C2CC2)C1. The molecule has 0 aromatic carbocycles. The molecule has 0 radical (unpaired) electrons. The van der Waals surface area contributed by atoms with Crippen LogP contribution >= 0.6 is 0 Å². The summed E-state index contributed by atoms with van der Waals surface area (Å²) < 4.78 is 5.71. The van der Waals surface area contributed by atoms with Gasteiger partial charge in [0.2, 0.25) is 0 Å². The number of hydrogen-bond acceptors (Lipinski definition) is 3. The summed E-state index contributed by atoms with van der Waals surface area (Å²) in [6.45, 7) is 6.45. The average molecular weight is 226 g/mol. The maximum atomic E-state index is 6.13. The van der Waals surface area contributed by atoms with E-state index in [2.05, 4.69) is 11.8 Å². The topological polar surface area (TPSA) is 38.5 Å². The Morgan fingerprint density at radius 2 is 2.19 bits per heavy atom. The lowest BCUT2D eigenvalue weighted by Crippen LogP contribution is -2.41. The third-order valence-electron chi connectivity index (χ3n) is 3.87. The zero-order valence-corrected chi connectivity index (χ0v) is 10.5. The van der Waals surface area contributed by atoms with Gasteiger partial charge in [0.25, 0.3) is 0 Å². The highest BCUT2D eigenvalue weighted by Gasteiger charge is 2.29. The maximum Gasteiger partial charge on any atom is 0.0702 e. The molecule has 0 aromatic heterocycles. The number of hydrogen-bond donors (Lipinski definition) is 1. The summed E-state index contributed by atoms with van der Waals surface area (Å²) in [5.74, 6) is 0.840. The monoisotopic (exact) mass is 226 g/mol. The molecular formula is C13H26N2O. The molecule has 0 bridgehead atoms. The molecule has 0 spiro atoms. The fourth-order valence-electron chi connectivity index (χ4n) is 2.68. The fourth-order valence-corrected chi connectivity index (χ4v) is 2.68. The standard InChI is InChI=1S/C13H26N2O/c1-2-16-12-4-3-8-15(10-12)9-7-13(14)11-5-6-11/h11-13H,2-10,14H2,1H3. The Morgan fingerprint density at radius 3 is 2.88 bits per heavy atom. The van der Waals surface area contributed by atoms with Crippen LogP contribution in [-0.2, 0) is 4.74 Å². The van der Waals surface area contributed by atoms with Crippen molar-refractivity contribution >= 4 is 0 Å². The van der Waals surface area contributed by atoms with Crippen LogP contribution in [0.15, 0.2) is 0 Å². The van der Waals surface area contributed by atoms with Crippen LogP contribution in [0.4, 0.5) is 0 Å². The lowest BCUT2D eigenvalue weighted by molar-refractivity contribution is 0.00518. The lowest BCUT2D eigenvalue weighted by Gasteiger charge is -2.33. The summed E-state index contributed by atoms with van der Waals surface area (Å²) in [5.41, 5.74) is 6.13. The van der Waals surface area contributed by atoms with Crippen molar-refractivity contribution in [2.45, 2.75) is 51.2 Å². The van der Waals surface area contributed by atoms with Crippen LogP contribution in [0.3, 0.4) is 0 Å². The number of rotatable bonds is 6. The van der Waals surface area contributed by atoms with Crippen LogP contribution in [0.2, 0.25) is 0 Å². The summed E-state index contributed by atoms with van der Waals surface area (Å²) in [6.07, 6.45) is 6.88. The minimum Gasteiger partial charge on any atom is -0.377 e. The molecule has 16 heavy (non-hydrogen) atoms. The third kappa shape index (κ3) is 3.72. The zero-order valence-electron chi connectivity index (χ0n) is 10.5. The molecule has 0 aromatic rings. The molecule has 1 aliphatic heterocycles. The number of likely N-dealkylation sites (tertiary alicyclic amines) is 1. The number of nitrogens with two attached hydrogens (primary N) is 1. The van der Waals surface area contributed by atoms with Gasteiger partial charge in [0.1, 0.15) is 0 Å². The van der Waals surface area contributed by atoms with Gasteiger partial charge >= 0.3 is 0 Å². The van der Waals surface area contributed by atoms with E-state index in [0.717, 1.165) is 19.1 Å². The number of piperidine rings is 1. The second kappa shape index (κ2) is 5.99. The largest absolute Gasteiger partial charge is 0.377 e. The van der Waals surface area contributed by atoms with Gasteiger partial charge in [-0.1, -0.05) is 0 Å².